The molecule has 32 heavy (non-hydrogen) atoms. The maximum Gasteiger partial charge on any atom is 0.340 e. The number of benzene rings is 2. The van der Waals surface area contributed by atoms with Gasteiger partial charge in [-0.3, -0.25) is 9.78 Å². The number of rotatable bonds is 5. The summed E-state index contributed by atoms with van der Waals surface area (Å²) in [5.74, 6) is -1.46. The van der Waals surface area contributed by atoms with Crippen LogP contribution in [0.1, 0.15) is 16.1 Å². The molecule has 0 radical (unpaired) electrons. The number of carbonyl (C=O) groups is 2. The minimum atomic E-state index is -3.39. The number of aromatic nitrogens is 1. The van der Waals surface area contributed by atoms with E-state index in [4.69, 9.17) is 16.3 Å². The van der Waals surface area contributed by atoms with Gasteiger partial charge in [-0.25, -0.2) is 13.2 Å². The maximum atomic E-state index is 13.0. The molecule has 4 rings (SSSR count). The third-order valence-corrected chi connectivity index (χ3v) is 6.67. The van der Waals surface area contributed by atoms with Crippen LogP contribution in [0.4, 0.5) is 5.69 Å². The summed E-state index contributed by atoms with van der Waals surface area (Å²) in [5, 5.41) is 2.28. The van der Waals surface area contributed by atoms with Crippen LogP contribution >= 0.6 is 11.6 Å². The number of ether oxygens (including phenoxy) is 1. The van der Waals surface area contributed by atoms with E-state index in [0.717, 1.165) is 5.41 Å². The summed E-state index contributed by atoms with van der Waals surface area (Å²) in [4.78, 5) is 31.4. The minimum Gasteiger partial charge on any atom is -0.452 e. The molecule has 1 amide bonds. The first-order chi connectivity index (χ1) is 15.2. The fourth-order valence-electron chi connectivity index (χ4n) is 3.55. The Bertz CT molecular complexity index is 1340. The minimum absolute atomic E-state index is 0.224. The molecule has 0 saturated heterocycles. The highest BCUT2D eigenvalue weighted by molar-refractivity contribution is 7.94. The number of fused-ring (bicyclic) bond motifs is 1. The summed E-state index contributed by atoms with van der Waals surface area (Å²) in [6.07, 6.45) is 1.46. The molecule has 1 atom stereocenters. The molecule has 9 heteroatoms. The van der Waals surface area contributed by atoms with Crippen molar-refractivity contribution in [2.45, 2.75) is 13.0 Å². The number of hydrogen-bond acceptors (Lipinski definition) is 6. The van der Waals surface area contributed by atoms with Gasteiger partial charge >= 0.3 is 5.97 Å². The lowest BCUT2D eigenvalue weighted by molar-refractivity contribution is -0.121. The third-order valence-electron chi connectivity index (χ3n) is 5.06. The quantitative estimate of drug-likeness (QED) is 0.528. The lowest BCUT2D eigenvalue weighted by Gasteiger charge is -2.27. The van der Waals surface area contributed by atoms with Gasteiger partial charge < -0.3 is 9.64 Å². The molecule has 1 unspecified atom stereocenters. The summed E-state index contributed by atoms with van der Waals surface area (Å²) >= 11 is 6.03. The Labute approximate surface area is 190 Å². The second-order valence-corrected chi connectivity index (χ2v) is 9.73. The Kier molecular flexibility index (Phi) is 5.99. The predicted molar refractivity (Wildman–Crippen MR) is 122 cm³/mol. The first kappa shape index (κ1) is 22.0. The molecule has 2 heterocycles. The molecule has 0 fully saturated rings. The second kappa shape index (κ2) is 8.72. The summed E-state index contributed by atoms with van der Waals surface area (Å²) in [6.45, 7) is 1.13. The zero-order valence-electron chi connectivity index (χ0n) is 17.1. The smallest absolute Gasteiger partial charge is 0.340 e. The Morgan fingerprint density at radius 3 is 2.59 bits per heavy atom. The maximum absolute atomic E-state index is 13.0. The highest BCUT2D eigenvalue weighted by Gasteiger charge is 2.32. The lowest BCUT2D eigenvalue weighted by Crippen LogP contribution is -2.43. The first-order valence-corrected chi connectivity index (χ1v) is 11.8. The molecule has 0 bridgehead atoms. The summed E-state index contributed by atoms with van der Waals surface area (Å²) in [5.41, 5.74) is 1.88. The molecule has 0 N–H and O–H groups in total. The van der Waals surface area contributed by atoms with Crippen molar-refractivity contribution >= 4 is 49.9 Å². The van der Waals surface area contributed by atoms with E-state index >= 15 is 0 Å². The number of sulfone groups is 1. The van der Waals surface area contributed by atoms with Gasteiger partial charge in [0, 0.05) is 21.5 Å². The molecule has 3 aromatic rings. The average molecular weight is 471 g/mol. The van der Waals surface area contributed by atoms with Gasteiger partial charge in [0.1, 0.15) is 0 Å². The molecule has 2 aromatic carbocycles. The van der Waals surface area contributed by atoms with Crippen molar-refractivity contribution in [1.29, 1.82) is 0 Å². The number of pyridine rings is 1. The van der Waals surface area contributed by atoms with Crippen LogP contribution in [-0.2, 0) is 19.4 Å². The first-order valence-electron chi connectivity index (χ1n) is 9.75. The number of carbonyl (C=O) groups excluding carboxylic acids is 2. The molecular weight excluding hydrogens is 452 g/mol. The van der Waals surface area contributed by atoms with Crippen molar-refractivity contribution in [1.82, 2.24) is 4.98 Å². The average Bonchev–Trinajstić information content (AvgIpc) is 3.11. The van der Waals surface area contributed by atoms with Crippen molar-refractivity contribution in [3.05, 3.63) is 82.4 Å². The molecule has 1 aliphatic rings. The highest BCUT2D eigenvalue weighted by atomic mass is 35.5. The van der Waals surface area contributed by atoms with Crippen molar-refractivity contribution in [3.8, 4) is 0 Å². The van der Waals surface area contributed by atoms with Gasteiger partial charge in [0.25, 0.3) is 5.91 Å². The number of anilines is 1. The van der Waals surface area contributed by atoms with Crippen molar-refractivity contribution < 1.29 is 22.7 Å². The van der Waals surface area contributed by atoms with Crippen molar-refractivity contribution in [2.24, 2.45) is 0 Å². The number of aryl methyl sites for hydroxylation is 1. The second-order valence-electron chi connectivity index (χ2n) is 7.36. The standard InChI is InChI=1S/C23H19ClN2O5S/c1-15-20(12-16-11-17(24)7-8-21(16)25-15)23(28)31-13-22(27)26(18-5-3-2-4-6-18)19-9-10-32(29,30)14-19/h2-12,19H,13-14H2,1H3. The van der Waals surface area contributed by atoms with E-state index in [1.807, 2.05) is 0 Å². The van der Waals surface area contributed by atoms with E-state index in [2.05, 4.69) is 4.98 Å². The van der Waals surface area contributed by atoms with Crippen LogP contribution in [0, 0.1) is 6.92 Å². The molecule has 0 spiro atoms. The van der Waals surface area contributed by atoms with E-state index in [1.54, 1.807) is 61.5 Å². The van der Waals surface area contributed by atoms with Crippen molar-refractivity contribution in [2.75, 3.05) is 17.3 Å². The SMILES string of the molecule is Cc1nc2ccc(Cl)cc2cc1C(=O)OCC(=O)N(c1ccccc1)C1C=CS(=O)(=O)C1. The van der Waals surface area contributed by atoms with Gasteiger partial charge in [0.2, 0.25) is 0 Å². The topological polar surface area (TPSA) is 93.6 Å². The largest absolute Gasteiger partial charge is 0.452 e. The third kappa shape index (κ3) is 4.66. The Hall–Kier alpha value is -3.23. The van der Waals surface area contributed by atoms with Crippen LogP contribution in [0.25, 0.3) is 10.9 Å². The summed E-state index contributed by atoms with van der Waals surface area (Å²) in [7, 11) is -3.39. The molecule has 7 nitrogen and oxygen atoms in total. The number of hydrogen-bond donors (Lipinski definition) is 0. The van der Waals surface area contributed by atoms with Crippen LogP contribution < -0.4 is 4.90 Å². The Balaban J connectivity index is 1.54. The van der Waals surface area contributed by atoms with E-state index in [-0.39, 0.29) is 11.3 Å². The molecule has 1 aromatic heterocycles. The van der Waals surface area contributed by atoms with Gasteiger partial charge in [-0.1, -0.05) is 29.8 Å². The Morgan fingerprint density at radius 2 is 1.91 bits per heavy atom. The molecule has 1 aliphatic heterocycles. The van der Waals surface area contributed by atoms with Crippen LogP contribution in [-0.4, -0.2) is 43.7 Å². The number of halogens is 1. The van der Waals surface area contributed by atoms with Crippen LogP contribution in [0.15, 0.2) is 66.1 Å². The fraction of sp³-hybridized carbons (Fsp3) is 0.174. The fourth-order valence-corrected chi connectivity index (χ4v) is 5.00. The molecule has 0 saturated carbocycles. The summed E-state index contributed by atoms with van der Waals surface area (Å²) in [6, 6.07) is 14.8. The normalized spacial score (nSPS) is 16.8. The number of amides is 1. The van der Waals surface area contributed by atoms with Crippen molar-refractivity contribution in [3.63, 3.8) is 0 Å². The van der Waals surface area contributed by atoms with E-state index in [0.29, 0.717) is 27.3 Å². The van der Waals surface area contributed by atoms with E-state index < -0.39 is 34.4 Å². The zero-order valence-corrected chi connectivity index (χ0v) is 18.6. The van der Waals surface area contributed by atoms with E-state index in [1.165, 1.54) is 11.0 Å². The number of para-hydroxylation sites is 1. The van der Waals surface area contributed by atoms with Gasteiger partial charge in [-0.2, -0.15) is 0 Å². The number of nitrogens with zero attached hydrogens (tertiary/aromatic N) is 2. The summed E-state index contributed by atoms with van der Waals surface area (Å²) < 4.78 is 29.1. The molecular formula is C23H19ClN2O5S. The van der Waals surface area contributed by atoms with Crippen LogP contribution in [0.2, 0.25) is 5.02 Å². The lowest BCUT2D eigenvalue weighted by atomic mass is 10.1. The van der Waals surface area contributed by atoms with Gasteiger partial charge in [0.15, 0.2) is 16.4 Å². The van der Waals surface area contributed by atoms with Gasteiger partial charge in [-0.15, -0.1) is 0 Å². The van der Waals surface area contributed by atoms with E-state index in [9.17, 15) is 18.0 Å². The molecule has 0 aliphatic carbocycles. The molecule has 164 valence electrons. The highest BCUT2D eigenvalue weighted by Crippen LogP contribution is 2.24. The predicted octanol–water partition coefficient (Wildman–Crippen LogP) is 3.70. The van der Waals surface area contributed by atoms with Crippen LogP contribution in [0.5, 0.6) is 0 Å². The van der Waals surface area contributed by atoms with Gasteiger partial charge in [-0.05, 0) is 49.4 Å². The number of esters is 1. The Morgan fingerprint density at radius 1 is 1.16 bits per heavy atom. The monoisotopic (exact) mass is 470 g/mol. The van der Waals surface area contributed by atoms with Crippen LogP contribution in [0.3, 0.4) is 0 Å². The van der Waals surface area contributed by atoms with Gasteiger partial charge in [0.05, 0.1) is 28.6 Å². The zero-order chi connectivity index (χ0) is 22.9.